The highest BCUT2D eigenvalue weighted by Gasteiger charge is 2.35. The molecule has 0 unspecified atom stereocenters. The number of nitrogens with one attached hydrogen (secondary N) is 1. The van der Waals surface area contributed by atoms with E-state index in [9.17, 15) is 4.79 Å². The van der Waals surface area contributed by atoms with Crippen LogP contribution < -0.4 is 10.2 Å². The summed E-state index contributed by atoms with van der Waals surface area (Å²) in [5.41, 5.74) is 3.52. The summed E-state index contributed by atoms with van der Waals surface area (Å²) in [5, 5.41) is 7.61. The normalized spacial score (nSPS) is 16.1. The lowest BCUT2D eigenvalue weighted by molar-refractivity contribution is -0.139. The molecule has 7 heteroatoms. The zero-order valence-corrected chi connectivity index (χ0v) is 15.7. The smallest absolute Gasteiger partial charge is 0.338 e. The van der Waals surface area contributed by atoms with Gasteiger partial charge in [-0.3, -0.25) is 0 Å². The molecule has 1 atom stereocenters. The predicted octanol–water partition coefficient (Wildman–Crippen LogP) is 2.98. The molecule has 2 aromatic rings. The first kappa shape index (κ1) is 18.0. The number of rotatable bonds is 6. The topological polar surface area (TPSA) is 72.3 Å². The maximum absolute atomic E-state index is 12.8. The molecule has 0 spiro atoms. The van der Waals surface area contributed by atoms with Crippen LogP contribution >= 0.6 is 0 Å². The molecule has 1 aliphatic heterocycles. The van der Waals surface area contributed by atoms with E-state index in [-0.39, 0.29) is 12.0 Å². The highest BCUT2D eigenvalue weighted by atomic mass is 16.5. The SMILES string of the molecule is CCCC1=C(C(=O)OCC)[C@@H](c2ccc(N(C)C)cc2)n2ncnc2N1. The quantitative estimate of drug-likeness (QED) is 0.803. The van der Waals surface area contributed by atoms with Crippen molar-refractivity contribution >= 4 is 17.6 Å². The fourth-order valence-corrected chi connectivity index (χ4v) is 3.17. The van der Waals surface area contributed by atoms with Crippen molar-refractivity contribution < 1.29 is 9.53 Å². The number of fused-ring (bicyclic) bond motifs is 1. The molecule has 1 aromatic carbocycles. The zero-order chi connectivity index (χ0) is 18.7. The molecule has 0 amide bonds. The summed E-state index contributed by atoms with van der Waals surface area (Å²) < 4.78 is 7.10. The van der Waals surface area contributed by atoms with Crippen LogP contribution in [0, 0.1) is 0 Å². The Kier molecular flexibility index (Phi) is 5.25. The van der Waals surface area contributed by atoms with Gasteiger partial charge in [-0.15, -0.1) is 0 Å². The molecule has 7 nitrogen and oxygen atoms in total. The third kappa shape index (κ3) is 3.29. The van der Waals surface area contributed by atoms with Gasteiger partial charge in [-0.1, -0.05) is 25.5 Å². The average Bonchev–Trinajstić information content (AvgIpc) is 3.09. The number of allylic oxidation sites excluding steroid dienone is 1. The van der Waals surface area contributed by atoms with Crippen LogP contribution in [0.3, 0.4) is 0 Å². The molecule has 0 radical (unpaired) electrons. The molecular weight excluding hydrogens is 330 g/mol. The van der Waals surface area contributed by atoms with Crippen LogP contribution in [-0.4, -0.2) is 41.4 Å². The van der Waals surface area contributed by atoms with Crippen molar-refractivity contribution in [2.45, 2.75) is 32.7 Å². The number of ether oxygens (including phenoxy) is 1. The van der Waals surface area contributed by atoms with Gasteiger partial charge in [-0.2, -0.15) is 10.1 Å². The van der Waals surface area contributed by atoms with Crippen molar-refractivity contribution in [3.05, 3.63) is 47.4 Å². The number of carbonyl (C=O) groups is 1. The summed E-state index contributed by atoms with van der Waals surface area (Å²) in [5.74, 6) is 0.328. The molecular formula is C19H25N5O2. The van der Waals surface area contributed by atoms with E-state index in [0.717, 1.165) is 29.8 Å². The van der Waals surface area contributed by atoms with Gasteiger partial charge in [0.05, 0.1) is 12.2 Å². The molecule has 3 rings (SSSR count). The first-order valence-electron chi connectivity index (χ1n) is 8.90. The number of anilines is 2. The van der Waals surface area contributed by atoms with E-state index in [1.54, 1.807) is 4.68 Å². The van der Waals surface area contributed by atoms with Gasteiger partial charge < -0.3 is 15.0 Å². The molecule has 0 saturated carbocycles. The lowest BCUT2D eigenvalue weighted by Gasteiger charge is -2.29. The number of hydrogen-bond donors (Lipinski definition) is 1. The molecule has 0 bridgehead atoms. The van der Waals surface area contributed by atoms with Crippen LogP contribution in [0.4, 0.5) is 11.6 Å². The lowest BCUT2D eigenvalue weighted by Crippen LogP contribution is -2.30. The largest absolute Gasteiger partial charge is 0.463 e. The van der Waals surface area contributed by atoms with E-state index >= 15 is 0 Å². The molecule has 1 aliphatic rings. The third-order valence-electron chi connectivity index (χ3n) is 4.40. The number of benzene rings is 1. The molecule has 1 aromatic heterocycles. The summed E-state index contributed by atoms with van der Waals surface area (Å²) in [7, 11) is 4.00. The zero-order valence-electron chi connectivity index (χ0n) is 15.7. The third-order valence-corrected chi connectivity index (χ3v) is 4.40. The Bertz CT molecular complexity index is 808. The summed E-state index contributed by atoms with van der Waals surface area (Å²) in [4.78, 5) is 19.1. The molecule has 1 N–H and O–H groups in total. The fourth-order valence-electron chi connectivity index (χ4n) is 3.17. The van der Waals surface area contributed by atoms with Crippen molar-refractivity contribution in [1.29, 1.82) is 0 Å². The first-order valence-corrected chi connectivity index (χ1v) is 8.90. The first-order chi connectivity index (χ1) is 12.6. The highest BCUT2D eigenvalue weighted by molar-refractivity contribution is 5.92. The standard InChI is InChI=1S/C19H25N5O2/c1-5-7-15-16(18(25)26-6-2)17(24-19(22-15)20-12-21-24)13-8-10-14(11-9-13)23(3)4/h8-12,17H,5-7H2,1-4H3,(H,20,21,22)/t17-/m1/s1. The van der Waals surface area contributed by atoms with E-state index in [0.29, 0.717) is 18.1 Å². The Balaban J connectivity index is 2.12. The average molecular weight is 355 g/mol. The Labute approximate surface area is 153 Å². The van der Waals surface area contributed by atoms with Crippen molar-refractivity contribution in [1.82, 2.24) is 14.8 Å². The van der Waals surface area contributed by atoms with Gasteiger partial charge in [-0.25, -0.2) is 9.48 Å². The monoisotopic (exact) mass is 355 g/mol. The van der Waals surface area contributed by atoms with Crippen molar-refractivity contribution in [2.24, 2.45) is 0 Å². The van der Waals surface area contributed by atoms with Crippen LogP contribution in [0.2, 0.25) is 0 Å². The Morgan fingerprint density at radius 3 is 2.62 bits per heavy atom. The van der Waals surface area contributed by atoms with Crippen LogP contribution in [-0.2, 0) is 9.53 Å². The maximum Gasteiger partial charge on any atom is 0.338 e. The molecule has 138 valence electrons. The van der Waals surface area contributed by atoms with E-state index < -0.39 is 0 Å². The number of esters is 1. The highest BCUT2D eigenvalue weighted by Crippen LogP contribution is 2.37. The van der Waals surface area contributed by atoms with Gasteiger partial charge in [-0.05, 0) is 31.0 Å². The molecule has 0 saturated heterocycles. The number of hydrogen-bond acceptors (Lipinski definition) is 6. The number of carbonyl (C=O) groups excluding carboxylic acids is 1. The van der Waals surface area contributed by atoms with Crippen molar-refractivity contribution in [3.63, 3.8) is 0 Å². The van der Waals surface area contributed by atoms with Crippen LogP contribution in [0.1, 0.15) is 38.3 Å². The minimum Gasteiger partial charge on any atom is -0.463 e. The summed E-state index contributed by atoms with van der Waals surface area (Å²) in [6.45, 7) is 4.23. The van der Waals surface area contributed by atoms with Crippen molar-refractivity contribution in [2.75, 3.05) is 30.9 Å². The van der Waals surface area contributed by atoms with Gasteiger partial charge >= 0.3 is 5.97 Å². The minimum atomic E-state index is -0.356. The van der Waals surface area contributed by atoms with Crippen LogP contribution in [0.5, 0.6) is 0 Å². The van der Waals surface area contributed by atoms with Crippen molar-refractivity contribution in [3.8, 4) is 0 Å². The summed E-state index contributed by atoms with van der Waals surface area (Å²) in [6, 6.07) is 7.77. The van der Waals surface area contributed by atoms with Crippen LogP contribution in [0.15, 0.2) is 41.9 Å². The van der Waals surface area contributed by atoms with Gasteiger partial charge in [0.1, 0.15) is 12.4 Å². The second kappa shape index (κ2) is 7.59. The van der Waals surface area contributed by atoms with Gasteiger partial charge in [0.2, 0.25) is 5.95 Å². The predicted molar refractivity (Wildman–Crippen MR) is 101 cm³/mol. The van der Waals surface area contributed by atoms with Gasteiger partial charge in [0, 0.05) is 25.5 Å². The second-order valence-corrected chi connectivity index (χ2v) is 6.40. The Morgan fingerprint density at radius 1 is 1.27 bits per heavy atom. The van der Waals surface area contributed by atoms with E-state index in [2.05, 4.69) is 22.3 Å². The molecule has 2 heterocycles. The summed E-state index contributed by atoms with van der Waals surface area (Å²) >= 11 is 0. The van der Waals surface area contributed by atoms with Crippen LogP contribution in [0.25, 0.3) is 0 Å². The van der Waals surface area contributed by atoms with Gasteiger partial charge in [0.15, 0.2) is 0 Å². The van der Waals surface area contributed by atoms with Gasteiger partial charge in [0.25, 0.3) is 0 Å². The molecule has 0 fully saturated rings. The molecule has 0 aliphatic carbocycles. The number of aromatic nitrogens is 3. The van der Waals surface area contributed by atoms with E-state index in [4.69, 9.17) is 4.74 Å². The van der Waals surface area contributed by atoms with E-state index in [1.165, 1.54) is 6.33 Å². The molecule has 26 heavy (non-hydrogen) atoms. The summed E-state index contributed by atoms with van der Waals surface area (Å²) in [6.07, 6.45) is 3.15. The minimum absolute atomic E-state index is 0.314. The maximum atomic E-state index is 12.8. The number of nitrogens with zero attached hydrogens (tertiary/aromatic N) is 4. The second-order valence-electron chi connectivity index (χ2n) is 6.40. The fraction of sp³-hybridized carbons (Fsp3) is 0.421. The van der Waals surface area contributed by atoms with E-state index in [1.807, 2.05) is 50.2 Å². The Hall–Kier alpha value is -2.83. The Morgan fingerprint density at radius 2 is 2.00 bits per heavy atom. The lowest BCUT2D eigenvalue weighted by atomic mass is 9.94.